The monoisotopic (exact) mass is 269 g/mol. The lowest BCUT2D eigenvalue weighted by molar-refractivity contribution is 0.626. The molecule has 3 nitrogen and oxygen atoms in total. The Morgan fingerprint density at radius 1 is 1.39 bits per heavy atom. The Kier molecular flexibility index (Phi) is 6.57. The summed E-state index contributed by atoms with van der Waals surface area (Å²) < 4.78 is 12.7. The number of guanidine groups is 1. The first kappa shape index (κ1) is 14.8. The van der Waals surface area contributed by atoms with Crippen molar-refractivity contribution in [2.75, 3.05) is 18.8 Å². The number of nitrogens with one attached hydrogen (secondary N) is 1. The van der Waals surface area contributed by atoms with Gasteiger partial charge in [-0.25, -0.2) is 4.39 Å². The molecule has 0 amide bonds. The molecule has 5 heteroatoms. The van der Waals surface area contributed by atoms with Crippen LogP contribution in [0, 0.1) is 11.7 Å². The zero-order valence-electron chi connectivity index (χ0n) is 10.8. The van der Waals surface area contributed by atoms with Gasteiger partial charge in [-0.1, -0.05) is 13.8 Å². The average Bonchev–Trinajstić information content (AvgIpc) is 2.34. The van der Waals surface area contributed by atoms with Crippen molar-refractivity contribution in [1.29, 1.82) is 0 Å². The van der Waals surface area contributed by atoms with Crippen LogP contribution >= 0.6 is 11.8 Å². The molecule has 0 aromatic heterocycles. The van der Waals surface area contributed by atoms with Gasteiger partial charge in [-0.3, -0.25) is 4.99 Å². The van der Waals surface area contributed by atoms with Crippen molar-refractivity contribution in [2.24, 2.45) is 16.6 Å². The van der Waals surface area contributed by atoms with Crippen LogP contribution in [0.15, 0.2) is 34.2 Å². The van der Waals surface area contributed by atoms with Gasteiger partial charge in [0, 0.05) is 23.7 Å². The quantitative estimate of drug-likeness (QED) is 0.361. The number of nitrogens with zero attached hydrogens (tertiary/aromatic N) is 1. The van der Waals surface area contributed by atoms with Crippen molar-refractivity contribution in [3.8, 4) is 0 Å². The van der Waals surface area contributed by atoms with Gasteiger partial charge in [0.25, 0.3) is 0 Å². The fraction of sp³-hybridized carbons (Fsp3) is 0.462. The molecule has 1 aromatic rings. The zero-order valence-corrected chi connectivity index (χ0v) is 11.6. The van der Waals surface area contributed by atoms with E-state index in [2.05, 4.69) is 24.2 Å². The Morgan fingerprint density at radius 2 is 2.06 bits per heavy atom. The molecule has 100 valence electrons. The van der Waals surface area contributed by atoms with Crippen molar-refractivity contribution in [2.45, 2.75) is 18.7 Å². The summed E-state index contributed by atoms with van der Waals surface area (Å²) in [5.41, 5.74) is 5.70. The van der Waals surface area contributed by atoms with E-state index in [1.54, 1.807) is 23.9 Å². The minimum absolute atomic E-state index is 0.206. The summed E-state index contributed by atoms with van der Waals surface area (Å²) in [6.45, 7) is 5.68. The first-order valence-electron chi connectivity index (χ1n) is 6.00. The molecule has 3 N–H and O–H groups in total. The maximum atomic E-state index is 12.7. The van der Waals surface area contributed by atoms with Crippen molar-refractivity contribution in [1.82, 2.24) is 5.32 Å². The van der Waals surface area contributed by atoms with E-state index in [0.29, 0.717) is 11.9 Å². The van der Waals surface area contributed by atoms with Crippen LogP contribution in [0.2, 0.25) is 0 Å². The average molecular weight is 269 g/mol. The molecule has 0 fully saturated rings. The molecule has 0 aliphatic heterocycles. The van der Waals surface area contributed by atoms with Gasteiger partial charge >= 0.3 is 0 Å². The van der Waals surface area contributed by atoms with Gasteiger partial charge in [0.15, 0.2) is 5.96 Å². The Labute approximate surface area is 112 Å². The maximum absolute atomic E-state index is 12.7. The lowest BCUT2D eigenvalue weighted by Gasteiger charge is -2.06. The van der Waals surface area contributed by atoms with Crippen LogP contribution < -0.4 is 11.1 Å². The van der Waals surface area contributed by atoms with Crippen molar-refractivity contribution < 1.29 is 4.39 Å². The summed E-state index contributed by atoms with van der Waals surface area (Å²) >= 11 is 1.66. The summed E-state index contributed by atoms with van der Waals surface area (Å²) in [6.07, 6.45) is 0. The standard InChI is InChI=1S/C13H20FN3S/c1-10(2)9-17-13(15)16-7-8-18-12-5-3-11(14)4-6-12/h3-6,10H,7-9H2,1-2H3,(H3,15,16,17). The molecular formula is C13H20FN3S. The van der Waals surface area contributed by atoms with Gasteiger partial charge < -0.3 is 11.1 Å². The van der Waals surface area contributed by atoms with Gasteiger partial charge in [0.2, 0.25) is 0 Å². The van der Waals surface area contributed by atoms with Crippen LogP contribution in [0.5, 0.6) is 0 Å². The highest BCUT2D eigenvalue weighted by Gasteiger charge is 1.96. The van der Waals surface area contributed by atoms with Gasteiger partial charge in [0.1, 0.15) is 5.82 Å². The highest BCUT2D eigenvalue weighted by atomic mass is 32.2. The zero-order chi connectivity index (χ0) is 13.4. The number of hydrogen-bond acceptors (Lipinski definition) is 2. The fourth-order valence-electron chi connectivity index (χ4n) is 1.22. The molecule has 0 bridgehead atoms. The van der Waals surface area contributed by atoms with Crippen LogP contribution in [0.25, 0.3) is 0 Å². The number of thioether (sulfide) groups is 1. The molecule has 0 radical (unpaired) electrons. The summed E-state index contributed by atoms with van der Waals surface area (Å²) in [7, 11) is 0. The van der Waals surface area contributed by atoms with E-state index in [-0.39, 0.29) is 5.82 Å². The highest BCUT2D eigenvalue weighted by Crippen LogP contribution is 2.16. The molecule has 0 saturated heterocycles. The van der Waals surface area contributed by atoms with Gasteiger partial charge in [-0.15, -0.1) is 11.8 Å². The predicted molar refractivity (Wildman–Crippen MR) is 76.5 cm³/mol. The number of aliphatic imine (C=N–C) groups is 1. The summed E-state index contributed by atoms with van der Waals surface area (Å²) in [6, 6.07) is 6.48. The number of halogens is 1. The number of rotatable bonds is 6. The van der Waals surface area contributed by atoms with E-state index < -0.39 is 0 Å². The molecule has 0 heterocycles. The minimum atomic E-state index is -0.206. The second kappa shape index (κ2) is 7.97. The molecule has 18 heavy (non-hydrogen) atoms. The van der Waals surface area contributed by atoms with E-state index in [1.165, 1.54) is 12.1 Å². The maximum Gasteiger partial charge on any atom is 0.188 e. The Balaban J connectivity index is 2.18. The van der Waals surface area contributed by atoms with Gasteiger partial charge in [-0.05, 0) is 30.2 Å². The molecule has 0 aliphatic rings. The van der Waals surface area contributed by atoms with Crippen molar-refractivity contribution >= 4 is 17.7 Å². The van der Waals surface area contributed by atoms with Crippen LogP contribution in [0.4, 0.5) is 4.39 Å². The largest absolute Gasteiger partial charge is 0.370 e. The second-order valence-corrected chi connectivity index (χ2v) is 5.52. The first-order valence-corrected chi connectivity index (χ1v) is 6.98. The number of nitrogens with two attached hydrogens (primary N) is 1. The molecule has 0 atom stereocenters. The molecular weight excluding hydrogens is 249 g/mol. The van der Waals surface area contributed by atoms with E-state index >= 15 is 0 Å². The third kappa shape index (κ3) is 6.49. The SMILES string of the molecule is CC(C)CN=C(N)NCCSc1ccc(F)cc1. The van der Waals surface area contributed by atoms with Gasteiger partial charge in [-0.2, -0.15) is 0 Å². The van der Waals surface area contributed by atoms with Crippen molar-refractivity contribution in [3.63, 3.8) is 0 Å². The smallest absolute Gasteiger partial charge is 0.188 e. The van der Waals surface area contributed by atoms with Gasteiger partial charge in [0.05, 0.1) is 0 Å². The molecule has 0 unspecified atom stereocenters. The molecule has 0 aliphatic carbocycles. The highest BCUT2D eigenvalue weighted by molar-refractivity contribution is 7.99. The number of hydrogen-bond donors (Lipinski definition) is 2. The van der Waals surface area contributed by atoms with Crippen molar-refractivity contribution in [3.05, 3.63) is 30.1 Å². The Hall–Kier alpha value is -1.23. The lowest BCUT2D eigenvalue weighted by atomic mass is 10.2. The van der Waals surface area contributed by atoms with E-state index in [4.69, 9.17) is 5.73 Å². The topological polar surface area (TPSA) is 50.4 Å². The van der Waals surface area contributed by atoms with Crippen LogP contribution in [-0.2, 0) is 0 Å². The van der Waals surface area contributed by atoms with Crippen LogP contribution in [0.1, 0.15) is 13.8 Å². The first-order chi connectivity index (χ1) is 8.58. The van der Waals surface area contributed by atoms with E-state index in [0.717, 1.165) is 23.7 Å². The lowest BCUT2D eigenvalue weighted by Crippen LogP contribution is -2.33. The normalized spacial score (nSPS) is 11.9. The molecule has 0 spiro atoms. The fourth-order valence-corrected chi connectivity index (χ4v) is 1.98. The molecule has 1 rings (SSSR count). The summed E-state index contributed by atoms with van der Waals surface area (Å²) in [4.78, 5) is 5.26. The third-order valence-electron chi connectivity index (χ3n) is 2.12. The van der Waals surface area contributed by atoms with E-state index in [9.17, 15) is 4.39 Å². The number of benzene rings is 1. The molecule has 1 aromatic carbocycles. The summed E-state index contributed by atoms with van der Waals surface area (Å²) in [5.74, 6) is 1.66. The van der Waals surface area contributed by atoms with E-state index in [1.807, 2.05) is 0 Å². The Morgan fingerprint density at radius 3 is 2.67 bits per heavy atom. The van der Waals surface area contributed by atoms with Crippen LogP contribution in [0.3, 0.4) is 0 Å². The second-order valence-electron chi connectivity index (χ2n) is 4.35. The van der Waals surface area contributed by atoms with Crippen LogP contribution in [-0.4, -0.2) is 24.8 Å². The molecule has 0 saturated carbocycles. The summed E-state index contributed by atoms with van der Waals surface area (Å²) in [5, 5.41) is 3.05. The third-order valence-corrected chi connectivity index (χ3v) is 3.13. The predicted octanol–water partition coefficient (Wildman–Crippen LogP) is 2.48. The minimum Gasteiger partial charge on any atom is -0.370 e. The Bertz CT molecular complexity index is 376.